The zero-order chi connectivity index (χ0) is 19.3. The highest BCUT2D eigenvalue weighted by atomic mass is 16.5. The summed E-state index contributed by atoms with van der Waals surface area (Å²) in [6.45, 7) is 2.19. The van der Waals surface area contributed by atoms with Gasteiger partial charge in [0.25, 0.3) is 0 Å². The minimum atomic E-state index is -0.986. The number of hydrogen-bond acceptors (Lipinski definition) is 7. The summed E-state index contributed by atoms with van der Waals surface area (Å²) < 4.78 is 9.62. The SMILES string of the molecule is CC(=O)C(=O)Oc1ccc(C(=O)c2ccc(OC(=O)C(C)=O)cc2)cc1. The van der Waals surface area contributed by atoms with Gasteiger partial charge in [0.1, 0.15) is 11.5 Å². The number of hydrogen-bond donors (Lipinski definition) is 0. The molecule has 0 fully saturated rings. The second kappa shape index (κ2) is 7.98. The Morgan fingerprint density at radius 3 is 1.15 bits per heavy atom. The fraction of sp³-hybridized carbons (Fsp3) is 0.105. The first-order valence-corrected chi connectivity index (χ1v) is 7.48. The molecule has 26 heavy (non-hydrogen) atoms. The number of benzene rings is 2. The summed E-state index contributed by atoms with van der Waals surface area (Å²) in [6, 6.07) is 11.4. The molecule has 0 N–H and O–H groups in total. The summed E-state index contributed by atoms with van der Waals surface area (Å²) in [5.74, 6) is -3.44. The number of carbonyl (C=O) groups excluding carboxylic acids is 5. The van der Waals surface area contributed by atoms with E-state index in [-0.39, 0.29) is 17.3 Å². The van der Waals surface area contributed by atoms with Gasteiger partial charge >= 0.3 is 11.9 Å². The number of rotatable bonds is 6. The van der Waals surface area contributed by atoms with Crippen molar-refractivity contribution < 1.29 is 33.4 Å². The fourth-order valence-electron chi connectivity index (χ4n) is 1.87. The van der Waals surface area contributed by atoms with Gasteiger partial charge in [-0.1, -0.05) is 0 Å². The van der Waals surface area contributed by atoms with E-state index in [0.29, 0.717) is 11.1 Å². The lowest BCUT2D eigenvalue weighted by molar-refractivity contribution is -0.146. The summed E-state index contributed by atoms with van der Waals surface area (Å²) in [4.78, 5) is 56.5. The van der Waals surface area contributed by atoms with E-state index in [2.05, 4.69) is 0 Å². The van der Waals surface area contributed by atoms with Crippen LogP contribution in [-0.4, -0.2) is 29.3 Å². The van der Waals surface area contributed by atoms with Crippen LogP contribution in [0.15, 0.2) is 48.5 Å². The molecule has 0 aliphatic rings. The average molecular weight is 354 g/mol. The highest BCUT2D eigenvalue weighted by molar-refractivity contribution is 6.33. The van der Waals surface area contributed by atoms with Crippen molar-refractivity contribution in [3.05, 3.63) is 59.7 Å². The van der Waals surface area contributed by atoms with E-state index >= 15 is 0 Å². The fourth-order valence-corrected chi connectivity index (χ4v) is 1.87. The van der Waals surface area contributed by atoms with E-state index in [1.807, 2.05) is 0 Å². The Hall–Kier alpha value is -3.61. The molecular weight excluding hydrogens is 340 g/mol. The summed E-state index contributed by atoms with van der Waals surface area (Å²) in [5, 5.41) is 0. The molecule has 0 radical (unpaired) electrons. The molecule has 0 aliphatic heterocycles. The average Bonchev–Trinajstić information content (AvgIpc) is 2.62. The number of Topliss-reactive ketones (excluding diaryl/α,β-unsaturated/α-hetero) is 2. The van der Waals surface area contributed by atoms with Crippen molar-refractivity contribution in [2.75, 3.05) is 0 Å². The molecule has 0 heterocycles. The molecule has 0 unspecified atom stereocenters. The Labute approximate surface area is 148 Å². The summed E-state index contributed by atoms with van der Waals surface area (Å²) in [7, 11) is 0. The number of esters is 2. The van der Waals surface area contributed by atoms with E-state index in [1.165, 1.54) is 48.5 Å². The Kier molecular flexibility index (Phi) is 5.74. The lowest BCUT2D eigenvalue weighted by Gasteiger charge is -2.05. The quantitative estimate of drug-likeness (QED) is 0.338. The van der Waals surface area contributed by atoms with Crippen LogP contribution in [-0.2, 0) is 19.2 Å². The van der Waals surface area contributed by atoms with Gasteiger partial charge in [0.05, 0.1) is 0 Å². The molecule has 2 aromatic rings. The third kappa shape index (κ3) is 4.70. The monoisotopic (exact) mass is 354 g/mol. The standard InChI is InChI=1S/C19H14O7/c1-11(20)18(23)25-15-7-3-13(4-8-15)17(22)14-5-9-16(10-6-14)26-19(24)12(2)21/h3-10H,1-2H3. The third-order valence-corrected chi connectivity index (χ3v) is 3.23. The van der Waals surface area contributed by atoms with Crippen LogP contribution in [0.2, 0.25) is 0 Å². The van der Waals surface area contributed by atoms with Crippen LogP contribution in [0.25, 0.3) is 0 Å². The van der Waals surface area contributed by atoms with Crippen molar-refractivity contribution >= 4 is 29.3 Å². The number of ketones is 3. The molecule has 0 bridgehead atoms. The van der Waals surface area contributed by atoms with Gasteiger partial charge in [-0.3, -0.25) is 14.4 Å². The van der Waals surface area contributed by atoms with Crippen molar-refractivity contribution in [1.82, 2.24) is 0 Å². The van der Waals surface area contributed by atoms with E-state index < -0.39 is 23.5 Å². The topological polar surface area (TPSA) is 104 Å². The predicted molar refractivity (Wildman–Crippen MR) is 88.9 cm³/mol. The molecule has 2 rings (SSSR count). The summed E-state index contributed by atoms with van der Waals surface area (Å²) >= 11 is 0. The predicted octanol–water partition coefficient (Wildman–Crippen LogP) is 1.91. The van der Waals surface area contributed by atoms with Crippen LogP contribution in [0.5, 0.6) is 11.5 Å². The molecule has 0 spiro atoms. The molecule has 0 saturated heterocycles. The van der Waals surface area contributed by atoms with Crippen LogP contribution in [0.3, 0.4) is 0 Å². The highest BCUT2D eigenvalue weighted by Gasteiger charge is 2.14. The van der Waals surface area contributed by atoms with Crippen molar-refractivity contribution in [2.45, 2.75) is 13.8 Å². The molecule has 132 valence electrons. The van der Waals surface area contributed by atoms with Gasteiger partial charge in [-0.05, 0) is 48.5 Å². The Balaban J connectivity index is 2.09. The smallest absolute Gasteiger partial charge is 0.379 e. The normalized spacial score (nSPS) is 9.92. The van der Waals surface area contributed by atoms with E-state index in [1.54, 1.807) is 0 Å². The van der Waals surface area contributed by atoms with Crippen LogP contribution in [0.1, 0.15) is 29.8 Å². The zero-order valence-corrected chi connectivity index (χ0v) is 14.0. The van der Waals surface area contributed by atoms with Gasteiger partial charge in [0.15, 0.2) is 5.78 Å². The van der Waals surface area contributed by atoms with Crippen molar-refractivity contribution in [2.24, 2.45) is 0 Å². The maximum Gasteiger partial charge on any atom is 0.379 e. The van der Waals surface area contributed by atoms with Crippen LogP contribution < -0.4 is 9.47 Å². The van der Waals surface area contributed by atoms with Gasteiger partial charge in [-0.15, -0.1) is 0 Å². The first-order valence-electron chi connectivity index (χ1n) is 7.48. The van der Waals surface area contributed by atoms with Crippen molar-refractivity contribution in [1.29, 1.82) is 0 Å². The molecular formula is C19H14O7. The molecule has 7 heteroatoms. The largest absolute Gasteiger partial charge is 0.421 e. The second-order valence-corrected chi connectivity index (χ2v) is 5.27. The van der Waals surface area contributed by atoms with Gasteiger partial charge in [-0.25, -0.2) is 9.59 Å². The molecule has 2 aromatic carbocycles. The first kappa shape index (κ1) is 18.7. The van der Waals surface area contributed by atoms with E-state index in [4.69, 9.17) is 9.47 Å². The van der Waals surface area contributed by atoms with Gasteiger partial charge < -0.3 is 9.47 Å². The van der Waals surface area contributed by atoms with Gasteiger partial charge in [-0.2, -0.15) is 0 Å². The Morgan fingerprint density at radius 2 is 0.885 bits per heavy atom. The van der Waals surface area contributed by atoms with Crippen molar-refractivity contribution in [3.8, 4) is 11.5 Å². The highest BCUT2D eigenvalue weighted by Crippen LogP contribution is 2.18. The minimum Gasteiger partial charge on any atom is -0.421 e. The van der Waals surface area contributed by atoms with Crippen molar-refractivity contribution in [3.63, 3.8) is 0 Å². The Bertz CT molecular complexity index is 804. The zero-order valence-electron chi connectivity index (χ0n) is 14.0. The molecule has 0 atom stereocenters. The first-order chi connectivity index (χ1) is 12.3. The summed E-state index contributed by atoms with van der Waals surface area (Å²) in [5.41, 5.74) is 0.669. The number of ether oxygens (including phenoxy) is 2. The van der Waals surface area contributed by atoms with E-state index in [9.17, 15) is 24.0 Å². The Morgan fingerprint density at radius 1 is 0.577 bits per heavy atom. The molecule has 0 aromatic heterocycles. The molecule has 0 aliphatic carbocycles. The second-order valence-electron chi connectivity index (χ2n) is 5.27. The van der Waals surface area contributed by atoms with Crippen LogP contribution >= 0.6 is 0 Å². The number of carbonyl (C=O) groups is 5. The summed E-state index contributed by atoms with van der Waals surface area (Å²) in [6.07, 6.45) is 0. The van der Waals surface area contributed by atoms with Gasteiger partial charge in [0.2, 0.25) is 11.6 Å². The van der Waals surface area contributed by atoms with Crippen LogP contribution in [0, 0.1) is 0 Å². The lowest BCUT2D eigenvalue weighted by Crippen LogP contribution is -2.17. The molecule has 0 saturated carbocycles. The molecule has 7 nitrogen and oxygen atoms in total. The van der Waals surface area contributed by atoms with E-state index in [0.717, 1.165) is 13.8 Å². The van der Waals surface area contributed by atoms with Gasteiger partial charge in [0, 0.05) is 25.0 Å². The maximum atomic E-state index is 12.4. The maximum absolute atomic E-state index is 12.4. The minimum absolute atomic E-state index is 0.147. The lowest BCUT2D eigenvalue weighted by atomic mass is 10.0. The van der Waals surface area contributed by atoms with Crippen LogP contribution in [0.4, 0.5) is 0 Å². The molecule has 0 amide bonds. The third-order valence-electron chi connectivity index (χ3n) is 3.23.